The van der Waals surface area contributed by atoms with Crippen molar-refractivity contribution in [2.75, 3.05) is 29.8 Å². The molecule has 0 atom stereocenters. The summed E-state index contributed by atoms with van der Waals surface area (Å²) in [5, 5.41) is 3.96. The molecule has 0 unspecified atom stereocenters. The van der Waals surface area contributed by atoms with Crippen LogP contribution in [0.5, 0.6) is 0 Å². The molecule has 166 valence electrons. The van der Waals surface area contributed by atoms with Gasteiger partial charge in [-0.2, -0.15) is 5.10 Å². The van der Waals surface area contributed by atoms with Gasteiger partial charge in [0.1, 0.15) is 12.4 Å². The van der Waals surface area contributed by atoms with Gasteiger partial charge in [0.05, 0.1) is 16.8 Å². The van der Waals surface area contributed by atoms with Gasteiger partial charge in [0.15, 0.2) is 0 Å². The van der Waals surface area contributed by atoms with E-state index < -0.39 is 22.5 Å². The van der Waals surface area contributed by atoms with Crippen molar-refractivity contribution in [3.63, 3.8) is 0 Å². The fourth-order valence-corrected chi connectivity index (χ4v) is 4.97. The van der Waals surface area contributed by atoms with E-state index in [1.165, 1.54) is 30.6 Å². The number of amides is 1. The molecule has 1 N–H and O–H groups in total. The fraction of sp³-hybridized carbons (Fsp3) is 0.136. The van der Waals surface area contributed by atoms with Gasteiger partial charge >= 0.3 is 0 Å². The van der Waals surface area contributed by atoms with Crippen LogP contribution in [0, 0.1) is 0 Å². The smallest absolute Gasteiger partial charge is 0.265 e. The first kappa shape index (κ1) is 23.4. The molecule has 0 saturated heterocycles. The lowest BCUT2D eigenvalue weighted by atomic mass is 10.2. The predicted molar refractivity (Wildman–Crippen MR) is 129 cm³/mol. The number of hydrogen-bond donors (Lipinski definition) is 1. The SMILES string of the molecule is CN(C)c1ccc(/C=N\NC(=O)CN(c2ccccn2)S(=O)(=O)c2ccccc2)cc1Br. The molecule has 10 heteroatoms. The Morgan fingerprint density at radius 3 is 2.44 bits per heavy atom. The zero-order chi connectivity index (χ0) is 23.1. The summed E-state index contributed by atoms with van der Waals surface area (Å²) < 4.78 is 28.1. The summed E-state index contributed by atoms with van der Waals surface area (Å²) in [6, 6.07) is 18.4. The molecule has 3 aromatic rings. The monoisotopic (exact) mass is 515 g/mol. The van der Waals surface area contributed by atoms with E-state index in [2.05, 4.69) is 31.4 Å². The molecule has 2 aromatic carbocycles. The van der Waals surface area contributed by atoms with Crippen LogP contribution < -0.4 is 14.6 Å². The molecule has 1 amide bonds. The highest BCUT2D eigenvalue weighted by molar-refractivity contribution is 9.10. The molecule has 0 fully saturated rings. The number of sulfonamides is 1. The van der Waals surface area contributed by atoms with Crippen molar-refractivity contribution in [3.8, 4) is 0 Å². The average Bonchev–Trinajstić information content (AvgIpc) is 2.78. The summed E-state index contributed by atoms with van der Waals surface area (Å²) in [6.07, 6.45) is 2.95. The van der Waals surface area contributed by atoms with Gasteiger partial charge < -0.3 is 4.90 Å². The Morgan fingerprint density at radius 2 is 1.81 bits per heavy atom. The van der Waals surface area contributed by atoms with Crippen molar-refractivity contribution in [2.45, 2.75) is 4.90 Å². The van der Waals surface area contributed by atoms with Gasteiger partial charge in [0.2, 0.25) is 0 Å². The first-order valence-corrected chi connectivity index (χ1v) is 11.8. The van der Waals surface area contributed by atoms with Crippen LogP contribution in [0.15, 0.2) is 87.4 Å². The van der Waals surface area contributed by atoms with E-state index in [1.54, 1.807) is 30.3 Å². The first-order valence-electron chi connectivity index (χ1n) is 9.56. The van der Waals surface area contributed by atoms with Crippen LogP contribution in [0.25, 0.3) is 0 Å². The zero-order valence-corrected chi connectivity index (χ0v) is 19.9. The minimum atomic E-state index is -4.00. The molecule has 0 saturated carbocycles. The highest BCUT2D eigenvalue weighted by atomic mass is 79.9. The van der Waals surface area contributed by atoms with Gasteiger partial charge in [-0.15, -0.1) is 0 Å². The van der Waals surface area contributed by atoms with E-state index in [-0.39, 0.29) is 10.7 Å². The Bertz CT molecular complexity index is 1200. The topological polar surface area (TPSA) is 95.0 Å². The van der Waals surface area contributed by atoms with Crippen molar-refractivity contribution in [1.29, 1.82) is 0 Å². The maximum atomic E-state index is 13.1. The molecule has 0 radical (unpaired) electrons. The summed E-state index contributed by atoms with van der Waals surface area (Å²) >= 11 is 3.50. The van der Waals surface area contributed by atoms with Gasteiger partial charge in [-0.05, 0) is 57.9 Å². The summed E-state index contributed by atoms with van der Waals surface area (Å²) in [4.78, 5) is 18.7. The van der Waals surface area contributed by atoms with E-state index in [1.807, 2.05) is 37.2 Å². The molecule has 0 aliphatic rings. The molecular formula is C22H22BrN5O3S. The van der Waals surface area contributed by atoms with Crippen molar-refractivity contribution in [3.05, 3.63) is 83.0 Å². The van der Waals surface area contributed by atoms with E-state index in [4.69, 9.17) is 0 Å². The van der Waals surface area contributed by atoms with Crippen molar-refractivity contribution in [2.24, 2.45) is 5.10 Å². The zero-order valence-electron chi connectivity index (χ0n) is 17.5. The van der Waals surface area contributed by atoms with Crippen molar-refractivity contribution in [1.82, 2.24) is 10.4 Å². The van der Waals surface area contributed by atoms with E-state index in [0.717, 1.165) is 20.0 Å². The molecule has 1 heterocycles. The Labute approximate surface area is 195 Å². The number of nitrogens with zero attached hydrogens (tertiary/aromatic N) is 4. The van der Waals surface area contributed by atoms with Crippen LogP contribution in [0.3, 0.4) is 0 Å². The number of nitrogens with one attached hydrogen (secondary N) is 1. The van der Waals surface area contributed by atoms with E-state index in [0.29, 0.717) is 0 Å². The van der Waals surface area contributed by atoms with Crippen molar-refractivity contribution >= 4 is 49.6 Å². The standard InChI is InChI=1S/C22H22BrN5O3S/c1-27(2)20-12-11-17(14-19(20)23)15-25-26-22(29)16-28(21-10-6-7-13-24-21)32(30,31)18-8-4-3-5-9-18/h3-15H,16H2,1-2H3,(H,26,29)/b25-15-. The number of halogens is 1. The number of anilines is 2. The first-order chi connectivity index (χ1) is 15.3. The molecule has 0 aliphatic heterocycles. The van der Waals surface area contributed by atoms with Gasteiger partial charge in [0.25, 0.3) is 15.9 Å². The lowest BCUT2D eigenvalue weighted by molar-refractivity contribution is -0.119. The van der Waals surface area contributed by atoms with Gasteiger partial charge in [-0.1, -0.05) is 30.3 Å². The lowest BCUT2D eigenvalue weighted by Gasteiger charge is -2.22. The number of pyridine rings is 1. The van der Waals surface area contributed by atoms with E-state index in [9.17, 15) is 13.2 Å². The summed E-state index contributed by atoms with van der Waals surface area (Å²) in [6.45, 7) is -0.477. The largest absolute Gasteiger partial charge is 0.377 e. The van der Waals surface area contributed by atoms with Crippen LogP contribution in [0.2, 0.25) is 0 Å². The third-order valence-corrected chi connectivity index (χ3v) is 6.78. The third kappa shape index (κ3) is 5.71. The summed E-state index contributed by atoms with van der Waals surface area (Å²) in [5.41, 5.74) is 4.15. The molecule has 0 spiro atoms. The number of carbonyl (C=O) groups is 1. The normalized spacial score (nSPS) is 11.3. The molecule has 8 nitrogen and oxygen atoms in total. The van der Waals surface area contributed by atoms with Gasteiger partial charge in [0, 0.05) is 24.8 Å². The minimum Gasteiger partial charge on any atom is -0.377 e. The maximum absolute atomic E-state index is 13.1. The molecule has 3 rings (SSSR count). The van der Waals surface area contributed by atoms with Crippen LogP contribution in [-0.2, 0) is 14.8 Å². The number of rotatable bonds is 8. The minimum absolute atomic E-state index is 0.0628. The summed E-state index contributed by atoms with van der Waals surface area (Å²) in [5.74, 6) is -0.464. The highest BCUT2D eigenvalue weighted by Crippen LogP contribution is 2.25. The number of hydrazone groups is 1. The van der Waals surface area contributed by atoms with Crippen LogP contribution in [0.4, 0.5) is 11.5 Å². The molecule has 32 heavy (non-hydrogen) atoms. The predicted octanol–water partition coefficient (Wildman–Crippen LogP) is 3.26. The van der Waals surface area contributed by atoms with Crippen LogP contribution in [0.1, 0.15) is 5.56 Å². The second-order valence-corrected chi connectivity index (χ2v) is 9.63. The van der Waals surface area contributed by atoms with Gasteiger partial charge in [-0.3, -0.25) is 4.79 Å². The second kappa shape index (κ2) is 10.4. The van der Waals surface area contributed by atoms with Crippen LogP contribution in [-0.4, -0.2) is 46.2 Å². The number of hydrogen-bond acceptors (Lipinski definition) is 6. The Balaban J connectivity index is 1.76. The fourth-order valence-electron chi connectivity index (χ4n) is 2.82. The third-order valence-electron chi connectivity index (χ3n) is 4.38. The summed E-state index contributed by atoms with van der Waals surface area (Å²) in [7, 11) is -0.127. The molecular weight excluding hydrogens is 494 g/mol. The maximum Gasteiger partial charge on any atom is 0.265 e. The molecule has 0 bridgehead atoms. The number of carbonyl (C=O) groups excluding carboxylic acids is 1. The Kier molecular flexibility index (Phi) is 7.60. The van der Waals surface area contributed by atoms with Crippen LogP contribution >= 0.6 is 15.9 Å². The molecule has 1 aromatic heterocycles. The quantitative estimate of drug-likeness (QED) is 0.367. The van der Waals surface area contributed by atoms with Gasteiger partial charge in [-0.25, -0.2) is 23.1 Å². The highest BCUT2D eigenvalue weighted by Gasteiger charge is 2.27. The lowest BCUT2D eigenvalue weighted by Crippen LogP contribution is -2.40. The number of benzene rings is 2. The molecule has 0 aliphatic carbocycles. The van der Waals surface area contributed by atoms with Crippen molar-refractivity contribution < 1.29 is 13.2 Å². The Morgan fingerprint density at radius 1 is 1.09 bits per heavy atom. The number of aromatic nitrogens is 1. The second-order valence-electron chi connectivity index (χ2n) is 6.91. The average molecular weight is 516 g/mol. The van der Waals surface area contributed by atoms with E-state index >= 15 is 0 Å². The Hall–Kier alpha value is -3.24.